The average Bonchev–Trinajstić information content (AvgIpc) is 2.59. The van der Waals surface area contributed by atoms with E-state index in [0.29, 0.717) is 16.1 Å². The highest BCUT2D eigenvalue weighted by Crippen LogP contribution is 2.36. The molecular weight excluding hydrogens is 337 g/mol. The number of halogens is 2. The van der Waals surface area contributed by atoms with Crippen LogP contribution in [-0.4, -0.2) is 24.8 Å². The minimum absolute atomic E-state index is 0.363. The zero-order valence-electron chi connectivity index (χ0n) is 14.8. The maximum atomic E-state index is 13.6. The van der Waals surface area contributed by atoms with Gasteiger partial charge in [0.2, 0.25) is 0 Å². The van der Waals surface area contributed by atoms with Gasteiger partial charge in [0.25, 0.3) is 0 Å². The standard InChI is InChI=1S/C20H21ClFN3/c1-5-25(4)12-24-20-10-19(21)17(8-14(20)3)18(11-23)16-9-15(22)7-6-13(16)2/h6-10,12,18H,5H2,1-4H3. The topological polar surface area (TPSA) is 39.4 Å². The molecule has 0 aliphatic rings. The van der Waals surface area contributed by atoms with Crippen LogP contribution >= 0.6 is 11.6 Å². The van der Waals surface area contributed by atoms with E-state index in [1.165, 1.54) is 12.1 Å². The van der Waals surface area contributed by atoms with Crippen LogP contribution in [0.2, 0.25) is 5.02 Å². The highest BCUT2D eigenvalue weighted by molar-refractivity contribution is 6.31. The Labute approximate surface area is 153 Å². The maximum absolute atomic E-state index is 13.6. The Morgan fingerprint density at radius 2 is 1.96 bits per heavy atom. The van der Waals surface area contributed by atoms with Gasteiger partial charge >= 0.3 is 0 Å². The van der Waals surface area contributed by atoms with Crippen LogP contribution in [0.3, 0.4) is 0 Å². The molecule has 2 rings (SSSR count). The van der Waals surface area contributed by atoms with Gasteiger partial charge in [0, 0.05) is 18.6 Å². The summed E-state index contributed by atoms with van der Waals surface area (Å²) in [6.45, 7) is 6.67. The summed E-state index contributed by atoms with van der Waals surface area (Å²) in [6.07, 6.45) is 1.75. The van der Waals surface area contributed by atoms with Crippen molar-refractivity contribution in [2.75, 3.05) is 13.6 Å². The fraction of sp³-hybridized carbons (Fsp3) is 0.300. The minimum atomic E-state index is -0.627. The zero-order chi connectivity index (χ0) is 18.6. The largest absolute Gasteiger partial charge is 0.366 e. The Morgan fingerprint density at radius 3 is 2.60 bits per heavy atom. The third-order valence-electron chi connectivity index (χ3n) is 4.20. The normalized spacial score (nSPS) is 12.2. The van der Waals surface area contributed by atoms with Crippen LogP contribution in [0.5, 0.6) is 0 Å². The molecule has 5 heteroatoms. The number of benzene rings is 2. The number of hydrogen-bond donors (Lipinski definition) is 0. The number of aryl methyl sites for hydroxylation is 2. The summed E-state index contributed by atoms with van der Waals surface area (Å²) in [4.78, 5) is 6.40. The third kappa shape index (κ3) is 4.37. The van der Waals surface area contributed by atoms with Crippen LogP contribution < -0.4 is 0 Å². The summed E-state index contributed by atoms with van der Waals surface area (Å²) in [7, 11) is 1.94. The van der Waals surface area contributed by atoms with Gasteiger partial charge in [-0.15, -0.1) is 0 Å². The molecule has 0 bridgehead atoms. The van der Waals surface area contributed by atoms with Crippen LogP contribution in [0.1, 0.15) is 35.1 Å². The van der Waals surface area contributed by atoms with E-state index in [1.807, 2.05) is 38.8 Å². The molecule has 1 atom stereocenters. The zero-order valence-corrected chi connectivity index (χ0v) is 15.6. The highest BCUT2D eigenvalue weighted by atomic mass is 35.5. The van der Waals surface area contributed by atoms with Crippen LogP contribution in [0.4, 0.5) is 10.1 Å². The van der Waals surface area contributed by atoms with Crippen molar-refractivity contribution < 1.29 is 4.39 Å². The molecule has 3 nitrogen and oxygen atoms in total. The van der Waals surface area contributed by atoms with Crippen molar-refractivity contribution in [3.8, 4) is 6.07 Å². The first-order valence-corrected chi connectivity index (χ1v) is 8.45. The predicted molar refractivity (Wildman–Crippen MR) is 101 cm³/mol. The smallest absolute Gasteiger partial charge is 0.123 e. The lowest BCUT2D eigenvalue weighted by Crippen LogP contribution is -2.14. The maximum Gasteiger partial charge on any atom is 0.123 e. The van der Waals surface area contributed by atoms with Crippen LogP contribution in [0, 0.1) is 31.0 Å². The molecule has 0 aliphatic carbocycles. The van der Waals surface area contributed by atoms with Gasteiger partial charge in [-0.2, -0.15) is 5.26 Å². The average molecular weight is 358 g/mol. The molecule has 0 radical (unpaired) electrons. The lowest BCUT2D eigenvalue weighted by atomic mass is 9.88. The van der Waals surface area contributed by atoms with Crippen molar-refractivity contribution in [1.82, 2.24) is 4.90 Å². The summed E-state index contributed by atoms with van der Waals surface area (Å²) in [5.41, 5.74) is 3.81. The molecule has 2 aromatic rings. The second-order valence-electron chi connectivity index (χ2n) is 6.04. The number of hydrogen-bond acceptors (Lipinski definition) is 2. The molecule has 0 heterocycles. The molecular formula is C20H21ClFN3. The van der Waals surface area contributed by atoms with Gasteiger partial charge in [0.15, 0.2) is 0 Å². The van der Waals surface area contributed by atoms with Crippen molar-refractivity contribution in [2.45, 2.75) is 26.7 Å². The first-order chi connectivity index (χ1) is 11.9. The van der Waals surface area contributed by atoms with Gasteiger partial charge in [-0.05, 0) is 61.2 Å². The number of nitriles is 1. The molecule has 0 saturated heterocycles. The Balaban J connectivity index is 2.48. The quantitative estimate of drug-likeness (QED) is 0.533. The summed E-state index contributed by atoms with van der Waals surface area (Å²) in [6, 6.07) is 10.3. The van der Waals surface area contributed by atoms with Gasteiger partial charge in [-0.1, -0.05) is 23.7 Å². The lowest BCUT2D eigenvalue weighted by molar-refractivity contribution is 0.552. The van der Waals surface area contributed by atoms with Crippen LogP contribution in [0.25, 0.3) is 0 Å². The van der Waals surface area contributed by atoms with Crippen molar-refractivity contribution in [1.29, 1.82) is 5.26 Å². The third-order valence-corrected chi connectivity index (χ3v) is 4.53. The molecule has 0 saturated carbocycles. The van der Waals surface area contributed by atoms with Gasteiger partial charge in [-0.25, -0.2) is 9.38 Å². The van der Waals surface area contributed by atoms with E-state index >= 15 is 0 Å². The SMILES string of the molecule is CCN(C)C=Nc1cc(Cl)c(C(C#N)c2cc(F)ccc2C)cc1C. The van der Waals surface area contributed by atoms with E-state index in [4.69, 9.17) is 11.6 Å². The summed E-state index contributed by atoms with van der Waals surface area (Å²) >= 11 is 6.43. The number of rotatable bonds is 5. The van der Waals surface area contributed by atoms with Gasteiger partial charge in [0.1, 0.15) is 5.82 Å². The van der Waals surface area contributed by atoms with E-state index in [9.17, 15) is 9.65 Å². The van der Waals surface area contributed by atoms with E-state index in [-0.39, 0.29) is 5.82 Å². The van der Waals surface area contributed by atoms with Crippen LogP contribution in [0.15, 0.2) is 35.3 Å². The summed E-state index contributed by atoms with van der Waals surface area (Å²) < 4.78 is 13.6. The molecule has 1 unspecified atom stereocenters. The Bertz CT molecular complexity index is 840. The fourth-order valence-electron chi connectivity index (χ4n) is 2.53. The van der Waals surface area contributed by atoms with E-state index in [1.54, 1.807) is 18.5 Å². The lowest BCUT2D eigenvalue weighted by Gasteiger charge is -2.16. The minimum Gasteiger partial charge on any atom is -0.366 e. The summed E-state index contributed by atoms with van der Waals surface area (Å²) in [5, 5.41) is 10.1. The Morgan fingerprint density at radius 1 is 1.24 bits per heavy atom. The second-order valence-corrected chi connectivity index (χ2v) is 6.45. The second kappa shape index (κ2) is 8.13. The van der Waals surface area contributed by atoms with Crippen molar-refractivity contribution in [2.24, 2.45) is 4.99 Å². The van der Waals surface area contributed by atoms with Crippen molar-refractivity contribution >= 4 is 23.6 Å². The molecule has 0 fully saturated rings. The van der Waals surface area contributed by atoms with Gasteiger partial charge < -0.3 is 4.90 Å². The van der Waals surface area contributed by atoms with Crippen molar-refractivity contribution in [3.05, 3.63) is 63.4 Å². The first kappa shape index (κ1) is 19.0. The fourth-order valence-corrected chi connectivity index (χ4v) is 2.79. The highest BCUT2D eigenvalue weighted by Gasteiger charge is 2.20. The summed E-state index contributed by atoms with van der Waals surface area (Å²) in [5.74, 6) is -0.990. The van der Waals surface area contributed by atoms with Gasteiger partial charge in [0.05, 0.1) is 24.0 Å². The first-order valence-electron chi connectivity index (χ1n) is 8.07. The van der Waals surface area contributed by atoms with Gasteiger partial charge in [-0.3, -0.25) is 0 Å². The van der Waals surface area contributed by atoms with E-state index in [0.717, 1.165) is 23.4 Å². The molecule has 2 aromatic carbocycles. The molecule has 25 heavy (non-hydrogen) atoms. The number of aliphatic imine (C=N–C) groups is 1. The van der Waals surface area contributed by atoms with Crippen molar-refractivity contribution in [3.63, 3.8) is 0 Å². The van der Waals surface area contributed by atoms with E-state index < -0.39 is 5.92 Å². The van der Waals surface area contributed by atoms with Crippen LogP contribution in [-0.2, 0) is 0 Å². The Kier molecular flexibility index (Phi) is 6.17. The molecule has 0 amide bonds. The molecule has 0 aromatic heterocycles. The molecule has 130 valence electrons. The predicted octanol–water partition coefficient (Wildman–Crippen LogP) is 5.36. The monoisotopic (exact) mass is 357 g/mol. The Hall–Kier alpha value is -2.38. The molecule has 0 N–H and O–H groups in total. The molecule has 0 spiro atoms. The van der Waals surface area contributed by atoms with E-state index in [2.05, 4.69) is 11.1 Å². The molecule has 0 aliphatic heterocycles. The number of nitrogens with zero attached hydrogens (tertiary/aromatic N) is 3.